The molecule has 1 saturated carbocycles. The van der Waals surface area contributed by atoms with Gasteiger partial charge in [-0.3, -0.25) is 0 Å². The smallest absolute Gasteiger partial charge is 0.317 e. The van der Waals surface area contributed by atoms with Gasteiger partial charge in [0.15, 0.2) is 0 Å². The third-order valence-corrected chi connectivity index (χ3v) is 5.23. The molecular weight excluding hydrogens is 312 g/mol. The summed E-state index contributed by atoms with van der Waals surface area (Å²) in [6.45, 7) is 3.74. The van der Waals surface area contributed by atoms with E-state index in [1.165, 1.54) is 17.7 Å². The van der Waals surface area contributed by atoms with Crippen LogP contribution in [0.2, 0.25) is 0 Å². The maximum atomic E-state index is 13.9. The van der Waals surface area contributed by atoms with Gasteiger partial charge in [-0.2, -0.15) is 0 Å². The predicted molar refractivity (Wildman–Crippen MR) is 88.7 cm³/mol. The van der Waals surface area contributed by atoms with Crippen molar-refractivity contribution in [1.82, 2.24) is 15.1 Å². The van der Waals surface area contributed by atoms with Gasteiger partial charge in [0.2, 0.25) is 0 Å². The van der Waals surface area contributed by atoms with E-state index in [-0.39, 0.29) is 17.6 Å². The number of benzene rings is 1. The van der Waals surface area contributed by atoms with Crippen LogP contribution in [0.1, 0.15) is 44.2 Å². The number of hydrogen-bond acceptors (Lipinski definition) is 2. The van der Waals surface area contributed by atoms with E-state index in [0.717, 1.165) is 50.2 Å². The Morgan fingerprint density at radius 1 is 1.25 bits per heavy atom. The molecule has 3 rings (SSSR count). The van der Waals surface area contributed by atoms with Gasteiger partial charge in [-0.25, -0.2) is 13.6 Å². The lowest BCUT2D eigenvalue weighted by Crippen LogP contribution is -2.49. The largest absolute Gasteiger partial charge is 0.335 e. The van der Waals surface area contributed by atoms with Gasteiger partial charge in [0.25, 0.3) is 0 Å². The van der Waals surface area contributed by atoms with Crippen LogP contribution in [0.5, 0.6) is 0 Å². The minimum atomic E-state index is -0.535. The number of amides is 2. The van der Waals surface area contributed by atoms with Crippen molar-refractivity contribution in [1.29, 1.82) is 0 Å². The van der Waals surface area contributed by atoms with Crippen molar-refractivity contribution in [3.8, 4) is 0 Å². The van der Waals surface area contributed by atoms with Crippen LogP contribution in [-0.4, -0.2) is 48.1 Å². The number of piperidine rings is 1. The number of nitrogens with zero attached hydrogens (tertiary/aromatic N) is 2. The maximum absolute atomic E-state index is 13.9. The number of carbonyl (C=O) groups is 1. The highest BCUT2D eigenvalue weighted by Gasteiger charge is 2.32. The second-order valence-corrected chi connectivity index (χ2v) is 6.94. The summed E-state index contributed by atoms with van der Waals surface area (Å²) in [5.41, 5.74) is 0.191. The third-order valence-electron chi connectivity index (χ3n) is 5.23. The Labute approximate surface area is 141 Å². The molecule has 1 aliphatic carbocycles. The van der Waals surface area contributed by atoms with Gasteiger partial charge in [0, 0.05) is 37.8 Å². The number of rotatable bonds is 4. The Bertz CT molecular complexity index is 598. The molecule has 2 fully saturated rings. The summed E-state index contributed by atoms with van der Waals surface area (Å²) in [6.07, 6.45) is 4.49. The average Bonchev–Trinajstić information content (AvgIpc) is 3.41. The second-order valence-electron chi connectivity index (χ2n) is 6.94. The molecular formula is C18H25F2N3O. The van der Waals surface area contributed by atoms with Gasteiger partial charge in [0.05, 0.1) is 6.04 Å². The molecule has 0 bridgehead atoms. The van der Waals surface area contributed by atoms with Gasteiger partial charge in [-0.15, -0.1) is 0 Å². The zero-order valence-electron chi connectivity index (χ0n) is 14.3. The van der Waals surface area contributed by atoms with Crippen LogP contribution in [0.25, 0.3) is 0 Å². The van der Waals surface area contributed by atoms with Crippen LogP contribution < -0.4 is 5.32 Å². The Balaban J connectivity index is 1.55. The van der Waals surface area contributed by atoms with Crippen molar-refractivity contribution in [3.63, 3.8) is 0 Å². The lowest BCUT2D eigenvalue weighted by Gasteiger charge is -2.34. The molecule has 1 N–H and O–H groups in total. The van der Waals surface area contributed by atoms with E-state index in [9.17, 15) is 13.6 Å². The van der Waals surface area contributed by atoms with Crippen LogP contribution in [-0.2, 0) is 0 Å². The molecule has 1 atom stereocenters. The lowest BCUT2D eigenvalue weighted by atomic mass is 10.0. The first-order chi connectivity index (χ1) is 11.5. The number of carbonyl (C=O) groups excluding carboxylic acids is 1. The lowest BCUT2D eigenvalue weighted by molar-refractivity contribution is 0.166. The topological polar surface area (TPSA) is 35.6 Å². The van der Waals surface area contributed by atoms with Gasteiger partial charge in [-0.05, 0) is 50.8 Å². The fourth-order valence-corrected chi connectivity index (χ4v) is 3.34. The van der Waals surface area contributed by atoms with Crippen LogP contribution in [0.15, 0.2) is 18.2 Å². The second kappa shape index (κ2) is 7.05. The molecule has 1 aromatic carbocycles. The van der Waals surface area contributed by atoms with Crippen molar-refractivity contribution < 1.29 is 13.6 Å². The first kappa shape index (κ1) is 17.1. The SMILES string of the molecule is CC(c1cc(F)ccc1F)N(C)C(=O)NC1CCN(C2CC2)CC1. The molecule has 1 heterocycles. The molecule has 0 aromatic heterocycles. The summed E-state index contributed by atoms with van der Waals surface area (Å²) in [5, 5.41) is 3.03. The first-order valence-electron chi connectivity index (χ1n) is 8.68. The number of urea groups is 1. The molecule has 132 valence electrons. The maximum Gasteiger partial charge on any atom is 0.317 e. The Morgan fingerprint density at radius 3 is 2.54 bits per heavy atom. The molecule has 1 unspecified atom stereocenters. The summed E-state index contributed by atoms with van der Waals surface area (Å²) in [4.78, 5) is 16.4. The number of likely N-dealkylation sites (tertiary alicyclic amines) is 1. The predicted octanol–water partition coefficient (Wildman–Crippen LogP) is 3.29. The van der Waals surface area contributed by atoms with Gasteiger partial charge in [-0.1, -0.05) is 0 Å². The van der Waals surface area contributed by atoms with Crippen molar-refractivity contribution in [2.24, 2.45) is 0 Å². The zero-order valence-corrected chi connectivity index (χ0v) is 14.3. The van der Waals surface area contributed by atoms with Gasteiger partial charge < -0.3 is 15.1 Å². The molecule has 4 nitrogen and oxygen atoms in total. The van der Waals surface area contributed by atoms with Crippen molar-refractivity contribution in [2.75, 3.05) is 20.1 Å². The minimum Gasteiger partial charge on any atom is -0.335 e. The van der Waals surface area contributed by atoms with E-state index >= 15 is 0 Å². The van der Waals surface area contributed by atoms with Gasteiger partial charge in [0.1, 0.15) is 11.6 Å². The van der Waals surface area contributed by atoms with Crippen molar-refractivity contribution in [3.05, 3.63) is 35.4 Å². The van der Waals surface area contributed by atoms with Crippen LogP contribution in [0.3, 0.4) is 0 Å². The van der Waals surface area contributed by atoms with Crippen molar-refractivity contribution in [2.45, 2.75) is 50.7 Å². The molecule has 0 spiro atoms. The molecule has 2 amide bonds. The number of nitrogens with one attached hydrogen (secondary N) is 1. The molecule has 1 aliphatic heterocycles. The Kier molecular flexibility index (Phi) is 5.04. The molecule has 24 heavy (non-hydrogen) atoms. The highest BCUT2D eigenvalue weighted by atomic mass is 19.1. The molecule has 2 aliphatic rings. The summed E-state index contributed by atoms with van der Waals surface area (Å²) in [6, 6.07) is 3.47. The summed E-state index contributed by atoms with van der Waals surface area (Å²) in [5.74, 6) is -0.999. The molecule has 6 heteroatoms. The first-order valence-corrected chi connectivity index (χ1v) is 8.68. The van der Waals surface area contributed by atoms with Crippen LogP contribution in [0, 0.1) is 11.6 Å². The third kappa shape index (κ3) is 3.86. The molecule has 0 radical (unpaired) electrons. The van der Waals surface area contributed by atoms with E-state index in [0.29, 0.717) is 0 Å². The summed E-state index contributed by atoms with van der Waals surface area (Å²) < 4.78 is 27.3. The highest BCUT2D eigenvalue weighted by molar-refractivity contribution is 5.74. The summed E-state index contributed by atoms with van der Waals surface area (Å²) in [7, 11) is 1.61. The fourth-order valence-electron chi connectivity index (χ4n) is 3.34. The van der Waals surface area contributed by atoms with E-state index in [4.69, 9.17) is 0 Å². The standard InChI is InChI=1S/C18H25F2N3O/c1-12(16-11-13(19)3-6-17(16)20)22(2)18(24)21-14-7-9-23(10-8-14)15-4-5-15/h3,6,11-12,14-15H,4-5,7-10H2,1-2H3,(H,21,24). The summed E-state index contributed by atoms with van der Waals surface area (Å²) >= 11 is 0. The van der Waals surface area contributed by atoms with Gasteiger partial charge >= 0.3 is 6.03 Å². The number of halogens is 2. The monoisotopic (exact) mass is 337 g/mol. The zero-order chi connectivity index (χ0) is 17.3. The molecule has 1 saturated heterocycles. The van der Waals surface area contributed by atoms with E-state index in [2.05, 4.69) is 10.2 Å². The van der Waals surface area contributed by atoms with E-state index < -0.39 is 17.7 Å². The minimum absolute atomic E-state index is 0.152. The Morgan fingerprint density at radius 2 is 1.92 bits per heavy atom. The Hall–Kier alpha value is -1.69. The fraction of sp³-hybridized carbons (Fsp3) is 0.611. The highest BCUT2D eigenvalue weighted by Crippen LogP contribution is 2.29. The van der Waals surface area contributed by atoms with Crippen LogP contribution in [0.4, 0.5) is 13.6 Å². The molecule has 1 aromatic rings. The normalized spacial score (nSPS) is 20.7. The van der Waals surface area contributed by atoms with Crippen molar-refractivity contribution >= 4 is 6.03 Å². The van der Waals surface area contributed by atoms with Crippen LogP contribution >= 0.6 is 0 Å². The van der Waals surface area contributed by atoms with E-state index in [1.54, 1.807) is 14.0 Å². The van der Waals surface area contributed by atoms with E-state index in [1.807, 2.05) is 0 Å². The number of hydrogen-bond donors (Lipinski definition) is 1. The average molecular weight is 337 g/mol. The quantitative estimate of drug-likeness (QED) is 0.915.